The van der Waals surface area contributed by atoms with Crippen molar-refractivity contribution in [3.8, 4) is 0 Å². The summed E-state index contributed by atoms with van der Waals surface area (Å²) in [6.45, 7) is 7.74. The summed E-state index contributed by atoms with van der Waals surface area (Å²) in [5.74, 6) is 0. The Morgan fingerprint density at radius 1 is 1.38 bits per heavy atom. The molecule has 4 nitrogen and oxygen atoms in total. The lowest BCUT2D eigenvalue weighted by atomic mass is 10.2. The minimum atomic E-state index is 0. The molecule has 0 bridgehead atoms. The summed E-state index contributed by atoms with van der Waals surface area (Å²) in [5.41, 5.74) is 2.52. The summed E-state index contributed by atoms with van der Waals surface area (Å²) in [4.78, 5) is 2.50. The van der Waals surface area contributed by atoms with Crippen LogP contribution >= 0.6 is 12.4 Å². The molecule has 1 N–H and O–H groups in total. The van der Waals surface area contributed by atoms with Crippen LogP contribution in [-0.4, -0.2) is 40.9 Å². The highest BCUT2D eigenvalue weighted by atomic mass is 35.5. The van der Waals surface area contributed by atoms with E-state index in [1.165, 1.54) is 18.5 Å². The molecule has 1 aromatic heterocycles. The van der Waals surface area contributed by atoms with Crippen LogP contribution in [0.15, 0.2) is 6.20 Å². The molecule has 0 spiro atoms. The van der Waals surface area contributed by atoms with Gasteiger partial charge in [0.25, 0.3) is 0 Å². The normalized spacial score (nSPS) is 17.9. The zero-order chi connectivity index (χ0) is 10.7. The second-order valence-corrected chi connectivity index (χ2v) is 4.29. The fourth-order valence-electron chi connectivity index (χ4n) is 2.10. The molecule has 1 aliphatic rings. The largest absolute Gasteiger partial charge is 0.315 e. The van der Waals surface area contributed by atoms with E-state index in [2.05, 4.69) is 28.4 Å². The zero-order valence-corrected chi connectivity index (χ0v) is 10.9. The second kappa shape index (κ2) is 6.23. The van der Waals surface area contributed by atoms with Gasteiger partial charge in [0, 0.05) is 38.4 Å². The van der Waals surface area contributed by atoms with E-state index in [9.17, 15) is 0 Å². The van der Waals surface area contributed by atoms with E-state index in [0.29, 0.717) is 0 Å². The molecule has 1 fully saturated rings. The van der Waals surface area contributed by atoms with Crippen molar-refractivity contribution in [3.63, 3.8) is 0 Å². The Bertz CT molecular complexity index is 316. The van der Waals surface area contributed by atoms with Crippen molar-refractivity contribution in [1.82, 2.24) is 20.0 Å². The first-order chi connectivity index (χ1) is 7.25. The lowest BCUT2D eigenvalue weighted by Gasteiger charge is -2.18. The average molecular weight is 245 g/mol. The number of halogens is 1. The third-order valence-electron chi connectivity index (χ3n) is 2.94. The molecule has 16 heavy (non-hydrogen) atoms. The summed E-state index contributed by atoms with van der Waals surface area (Å²) < 4.78 is 1.90. The topological polar surface area (TPSA) is 33.1 Å². The van der Waals surface area contributed by atoms with Crippen LogP contribution in [0.2, 0.25) is 0 Å². The van der Waals surface area contributed by atoms with Gasteiger partial charge in [-0.3, -0.25) is 9.58 Å². The van der Waals surface area contributed by atoms with Crippen LogP contribution in [0.3, 0.4) is 0 Å². The molecular weight excluding hydrogens is 224 g/mol. The number of nitrogens with one attached hydrogen (secondary N) is 1. The summed E-state index contributed by atoms with van der Waals surface area (Å²) in [6.07, 6.45) is 3.38. The Balaban J connectivity index is 0.00000128. The summed E-state index contributed by atoms with van der Waals surface area (Å²) in [5, 5.41) is 7.79. The van der Waals surface area contributed by atoms with Crippen LogP contribution < -0.4 is 5.32 Å². The molecule has 0 aliphatic carbocycles. The average Bonchev–Trinajstić information content (AvgIpc) is 2.44. The van der Waals surface area contributed by atoms with Crippen molar-refractivity contribution in [2.75, 3.05) is 26.2 Å². The Hall–Kier alpha value is -0.580. The standard InChI is InChI=1S/C11H20N4.ClH/c1-10-11(8-14(2)13-10)9-15-6-3-4-12-5-7-15;/h8,12H,3-7,9H2,1-2H3;1H. The Morgan fingerprint density at radius 2 is 2.19 bits per heavy atom. The maximum atomic E-state index is 4.37. The first-order valence-corrected chi connectivity index (χ1v) is 5.68. The van der Waals surface area contributed by atoms with Crippen molar-refractivity contribution < 1.29 is 0 Å². The molecule has 0 amide bonds. The first-order valence-electron chi connectivity index (χ1n) is 5.68. The van der Waals surface area contributed by atoms with Gasteiger partial charge in [0.05, 0.1) is 5.69 Å². The van der Waals surface area contributed by atoms with Gasteiger partial charge in [-0.05, 0) is 26.4 Å². The van der Waals surface area contributed by atoms with Crippen molar-refractivity contribution in [3.05, 3.63) is 17.5 Å². The molecule has 1 saturated heterocycles. The van der Waals surface area contributed by atoms with Gasteiger partial charge in [0.15, 0.2) is 0 Å². The first kappa shape index (κ1) is 13.5. The second-order valence-electron chi connectivity index (χ2n) is 4.29. The van der Waals surface area contributed by atoms with Gasteiger partial charge in [-0.2, -0.15) is 5.10 Å². The van der Waals surface area contributed by atoms with Crippen LogP contribution in [0.1, 0.15) is 17.7 Å². The molecule has 0 unspecified atom stereocenters. The zero-order valence-electron chi connectivity index (χ0n) is 10.1. The third kappa shape index (κ3) is 3.47. The van der Waals surface area contributed by atoms with Gasteiger partial charge in [-0.15, -0.1) is 12.4 Å². The van der Waals surface area contributed by atoms with Crippen LogP contribution in [0, 0.1) is 6.92 Å². The quantitative estimate of drug-likeness (QED) is 0.841. The fraction of sp³-hybridized carbons (Fsp3) is 0.727. The molecule has 2 heterocycles. The predicted molar refractivity (Wildman–Crippen MR) is 68.0 cm³/mol. The predicted octanol–water partition coefficient (Wildman–Crippen LogP) is 0.946. The number of aryl methyl sites for hydroxylation is 2. The molecule has 92 valence electrons. The highest BCUT2D eigenvalue weighted by Gasteiger charge is 2.11. The van der Waals surface area contributed by atoms with Gasteiger partial charge in [0.1, 0.15) is 0 Å². The Morgan fingerprint density at radius 3 is 2.88 bits per heavy atom. The Labute approximate surface area is 103 Å². The smallest absolute Gasteiger partial charge is 0.0638 e. The molecule has 1 aromatic rings. The van der Waals surface area contributed by atoms with Crippen molar-refractivity contribution >= 4 is 12.4 Å². The lowest BCUT2D eigenvalue weighted by molar-refractivity contribution is 0.284. The molecular formula is C11H21ClN4. The van der Waals surface area contributed by atoms with Crippen molar-refractivity contribution in [2.24, 2.45) is 7.05 Å². The van der Waals surface area contributed by atoms with Gasteiger partial charge in [-0.1, -0.05) is 0 Å². The third-order valence-corrected chi connectivity index (χ3v) is 2.94. The van der Waals surface area contributed by atoms with Gasteiger partial charge in [0.2, 0.25) is 0 Å². The summed E-state index contributed by atoms with van der Waals surface area (Å²) >= 11 is 0. The minimum absolute atomic E-state index is 0. The molecule has 0 saturated carbocycles. The van der Waals surface area contributed by atoms with Gasteiger partial charge < -0.3 is 5.32 Å². The monoisotopic (exact) mass is 244 g/mol. The van der Waals surface area contributed by atoms with E-state index >= 15 is 0 Å². The van der Waals surface area contributed by atoms with E-state index < -0.39 is 0 Å². The summed E-state index contributed by atoms with van der Waals surface area (Å²) in [6, 6.07) is 0. The van der Waals surface area contributed by atoms with E-state index in [1.807, 2.05) is 11.7 Å². The van der Waals surface area contributed by atoms with Gasteiger partial charge in [-0.25, -0.2) is 0 Å². The maximum Gasteiger partial charge on any atom is 0.0638 e. The Kier molecular flexibility index (Phi) is 5.25. The molecule has 5 heteroatoms. The van der Waals surface area contributed by atoms with E-state index in [0.717, 1.165) is 31.9 Å². The van der Waals surface area contributed by atoms with E-state index in [1.54, 1.807) is 0 Å². The van der Waals surface area contributed by atoms with Crippen molar-refractivity contribution in [2.45, 2.75) is 19.9 Å². The number of hydrogen-bond acceptors (Lipinski definition) is 3. The molecule has 1 aliphatic heterocycles. The number of aromatic nitrogens is 2. The highest BCUT2D eigenvalue weighted by Crippen LogP contribution is 2.09. The molecule has 0 aromatic carbocycles. The lowest BCUT2D eigenvalue weighted by Crippen LogP contribution is -2.27. The van der Waals surface area contributed by atoms with Crippen LogP contribution in [0.25, 0.3) is 0 Å². The van der Waals surface area contributed by atoms with Crippen LogP contribution in [-0.2, 0) is 13.6 Å². The number of nitrogens with zero attached hydrogens (tertiary/aromatic N) is 3. The van der Waals surface area contributed by atoms with Crippen LogP contribution in [0.5, 0.6) is 0 Å². The van der Waals surface area contributed by atoms with Gasteiger partial charge >= 0.3 is 0 Å². The summed E-state index contributed by atoms with van der Waals surface area (Å²) in [7, 11) is 1.99. The molecule has 2 rings (SSSR count). The number of hydrogen-bond donors (Lipinski definition) is 1. The van der Waals surface area contributed by atoms with Crippen molar-refractivity contribution in [1.29, 1.82) is 0 Å². The highest BCUT2D eigenvalue weighted by molar-refractivity contribution is 5.85. The fourth-order valence-corrected chi connectivity index (χ4v) is 2.10. The molecule has 0 atom stereocenters. The molecule has 0 radical (unpaired) electrons. The van der Waals surface area contributed by atoms with E-state index in [-0.39, 0.29) is 12.4 Å². The minimum Gasteiger partial charge on any atom is -0.315 e. The maximum absolute atomic E-state index is 4.37. The number of rotatable bonds is 2. The SMILES string of the molecule is Cc1nn(C)cc1CN1CCCNCC1.Cl. The van der Waals surface area contributed by atoms with E-state index in [4.69, 9.17) is 0 Å². The van der Waals surface area contributed by atoms with Crippen LogP contribution in [0.4, 0.5) is 0 Å².